The Morgan fingerprint density at radius 1 is 1.19 bits per heavy atom. The Hall–Kier alpha value is -2.00. The molecule has 0 saturated heterocycles. The summed E-state index contributed by atoms with van der Waals surface area (Å²) in [4.78, 5) is -0.0160. The number of sulfonamides is 1. The molecule has 1 aliphatic rings. The average molecular weight is 400 g/mol. The SMILES string of the molecule is COc1ccc(S(=O)(=O)NC[C@H](O)c2ccc3c(c2)OCCO3)cc1Cl. The first kappa shape index (κ1) is 18.8. The molecule has 1 heterocycles. The van der Waals surface area contributed by atoms with Gasteiger partial charge >= 0.3 is 0 Å². The Morgan fingerprint density at radius 3 is 2.62 bits per heavy atom. The number of hydrogen-bond donors (Lipinski definition) is 2. The maximum atomic E-state index is 12.4. The third-order valence-electron chi connectivity index (χ3n) is 3.85. The van der Waals surface area contributed by atoms with Crippen molar-refractivity contribution in [3.63, 3.8) is 0 Å². The second-order valence-electron chi connectivity index (χ2n) is 5.57. The summed E-state index contributed by atoms with van der Waals surface area (Å²) in [6.45, 7) is 0.697. The largest absolute Gasteiger partial charge is 0.495 e. The smallest absolute Gasteiger partial charge is 0.240 e. The standard InChI is InChI=1S/C17H18ClNO6S/c1-23-15-5-3-12(9-13(15)18)26(21,22)19-10-14(20)11-2-4-16-17(8-11)25-7-6-24-16/h2-5,8-9,14,19-20H,6-7,10H2,1H3/t14-/m0/s1. The molecular weight excluding hydrogens is 382 g/mol. The van der Waals surface area contributed by atoms with E-state index >= 15 is 0 Å². The lowest BCUT2D eigenvalue weighted by Gasteiger charge is -2.20. The lowest BCUT2D eigenvalue weighted by atomic mass is 10.1. The van der Waals surface area contributed by atoms with E-state index in [-0.39, 0.29) is 16.5 Å². The highest BCUT2D eigenvalue weighted by molar-refractivity contribution is 7.89. The molecule has 0 aliphatic carbocycles. The number of halogens is 1. The van der Waals surface area contributed by atoms with Crippen LogP contribution in [0.4, 0.5) is 0 Å². The molecule has 9 heteroatoms. The Kier molecular flexibility index (Phi) is 5.57. The van der Waals surface area contributed by atoms with Gasteiger partial charge in [-0.05, 0) is 35.9 Å². The fourth-order valence-electron chi connectivity index (χ4n) is 2.47. The van der Waals surface area contributed by atoms with E-state index in [1.54, 1.807) is 18.2 Å². The fourth-order valence-corrected chi connectivity index (χ4v) is 3.86. The lowest BCUT2D eigenvalue weighted by Crippen LogP contribution is -2.28. The molecule has 2 aromatic rings. The van der Waals surface area contributed by atoms with Crippen LogP contribution in [0.2, 0.25) is 5.02 Å². The minimum absolute atomic E-state index is 0.0160. The summed E-state index contributed by atoms with van der Waals surface area (Å²) in [7, 11) is -2.39. The van der Waals surface area contributed by atoms with Crippen LogP contribution in [-0.2, 0) is 10.0 Å². The number of nitrogens with one attached hydrogen (secondary N) is 1. The molecule has 140 valence electrons. The number of benzene rings is 2. The van der Waals surface area contributed by atoms with E-state index in [1.165, 1.54) is 25.3 Å². The van der Waals surface area contributed by atoms with E-state index in [1.807, 2.05) is 0 Å². The molecule has 26 heavy (non-hydrogen) atoms. The fraction of sp³-hybridized carbons (Fsp3) is 0.294. The molecule has 7 nitrogen and oxygen atoms in total. The van der Waals surface area contributed by atoms with Crippen molar-refractivity contribution in [2.45, 2.75) is 11.0 Å². The first-order valence-corrected chi connectivity index (χ1v) is 9.67. The zero-order valence-electron chi connectivity index (χ0n) is 13.9. The van der Waals surface area contributed by atoms with Crippen molar-refractivity contribution < 1.29 is 27.7 Å². The minimum atomic E-state index is -3.83. The molecule has 0 amide bonds. The van der Waals surface area contributed by atoms with Gasteiger partial charge < -0.3 is 19.3 Å². The molecule has 3 rings (SSSR count). The molecule has 1 atom stereocenters. The van der Waals surface area contributed by atoms with Gasteiger partial charge in [0.1, 0.15) is 19.0 Å². The molecule has 0 aromatic heterocycles. The predicted octanol–water partition coefficient (Wildman–Crippen LogP) is 2.13. The highest BCUT2D eigenvalue weighted by Crippen LogP contribution is 2.32. The first-order chi connectivity index (χ1) is 12.4. The maximum Gasteiger partial charge on any atom is 0.240 e. The van der Waals surface area contributed by atoms with Crippen molar-refractivity contribution in [2.75, 3.05) is 26.9 Å². The van der Waals surface area contributed by atoms with Gasteiger partial charge in [-0.3, -0.25) is 0 Å². The molecule has 1 aliphatic heterocycles. The summed E-state index contributed by atoms with van der Waals surface area (Å²) in [5.41, 5.74) is 0.518. The van der Waals surface area contributed by atoms with Crippen molar-refractivity contribution in [2.24, 2.45) is 0 Å². The van der Waals surface area contributed by atoms with E-state index in [0.717, 1.165) is 0 Å². The molecule has 0 bridgehead atoms. The highest BCUT2D eigenvalue weighted by Gasteiger charge is 2.20. The molecule has 0 saturated carbocycles. The number of methoxy groups -OCH3 is 1. The lowest BCUT2D eigenvalue weighted by molar-refractivity contribution is 0.165. The Balaban J connectivity index is 1.70. The van der Waals surface area contributed by atoms with E-state index in [0.29, 0.717) is 36.0 Å². The quantitative estimate of drug-likeness (QED) is 0.772. The summed E-state index contributed by atoms with van der Waals surface area (Å²) in [5.74, 6) is 1.50. The van der Waals surface area contributed by atoms with Crippen LogP contribution in [0.3, 0.4) is 0 Å². The van der Waals surface area contributed by atoms with Crippen molar-refractivity contribution in [1.82, 2.24) is 4.72 Å². The number of rotatable bonds is 6. The van der Waals surface area contributed by atoms with Crippen LogP contribution in [0.25, 0.3) is 0 Å². The van der Waals surface area contributed by atoms with Gasteiger partial charge in [0.15, 0.2) is 11.5 Å². The van der Waals surface area contributed by atoms with Crippen molar-refractivity contribution in [3.05, 3.63) is 47.0 Å². The summed E-state index contributed by atoms with van der Waals surface area (Å²) in [6, 6.07) is 9.12. The topological polar surface area (TPSA) is 94.1 Å². The summed E-state index contributed by atoms with van der Waals surface area (Å²) >= 11 is 5.97. The average Bonchev–Trinajstić information content (AvgIpc) is 2.65. The molecule has 0 unspecified atom stereocenters. The molecular formula is C17H18ClNO6S. The van der Waals surface area contributed by atoms with E-state index in [4.69, 9.17) is 25.8 Å². The first-order valence-electron chi connectivity index (χ1n) is 7.81. The van der Waals surface area contributed by atoms with Crippen molar-refractivity contribution in [3.8, 4) is 17.2 Å². The molecule has 0 fully saturated rings. The van der Waals surface area contributed by atoms with E-state index < -0.39 is 16.1 Å². The van der Waals surface area contributed by atoms with Gasteiger partial charge in [-0.15, -0.1) is 0 Å². The van der Waals surface area contributed by atoms with Gasteiger partial charge in [0.25, 0.3) is 0 Å². The predicted molar refractivity (Wildman–Crippen MR) is 95.6 cm³/mol. The molecule has 0 spiro atoms. The van der Waals surface area contributed by atoms with Gasteiger partial charge in [0.05, 0.1) is 23.1 Å². The highest BCUT2D eigenvalue weighted by atomic mass is 35.5. The molecule has 2 N–H and O–H groups in total. The molecule has 0 radical (unpaired) electrons. The zero-order chi connectivity index (χ0) is 18.7. The number of hydrogen-bond acceptors (Lipinski definition) is 6. The van der Waals surface area contributed by atoms with Gasteiger partial charge in [-0.1, -0.05) is 17.7 Å². The van der Waals surface area contributed by atoms with Crippen LogP contribution in [0.5, 0.6) is 17.2 Å². The van der Waals surface area contributed by atoms with Crippen LogP contribution < -0.4 is 18.9 Å². The third kappa shape index (κ3) is 4.04. The van der Waals surface area contributed by atoms with Crippen LogP contribution in [0.15, 0.2) is 41.3 Å². The van der Waals surface area contributed by atoms with Gasteiger partial charge in [-0.2, -0.15) is 0 Å². The van der Waals surface area contributed by atoms with Gasteiger partial charge in [0.2, 0.25) is 10.0 Å². The van der Waals surface area contributed by atoms with Gasteiger partial charge in [-0.25, -0.2) is 13.1 Å². The number of fused-ring (bicyclic) bond motifs is 1. The Morgan fingerprint density at radius 2 is 1.92 bits per heavy atom. The van der Waals surface area contributed by atoms with Crippen molar-refractivity contribution in [1.29, 1.82) is 0 Å². The Bertz CT molecular complexity index is 902. The van der Waals surface area contributed by atoms with Crippen LogP contribution in [0, 0.1) is 0 Å². The van der Waals surface area contributed by atoms with Crippen LogP contribution in [0.1, 0.15) is 11.7 Å². The minimum Gasteiger partial charge on any atom is -0.495 e. The number of aliphatic hydroxyl groups is 1. The van der Waals surface area contributed by atoms with E-state index in [9.17, 15) is 13.5 Å². The number of ether oxygens (including phenoxy) is 3. The second-order valence-corrected chi connectivity index (χ2v) is 7.74. The summed E-state index contributed by atoms with van der Waals surface area (Å²) < 4.78 is 43.0. The van der Waals surface area contributed by atoms with Crippen LogP contribution in [-0.4, -0.2) is 40.4 Å². The monoisotopic (exact) mass is 399 g/mol. The number of aliphatic hydroxyl groups excluding tert-OH is 1. The summed E-state index contributed by atoms with van der Waals surface area (Å²) in [5, 5.41) is 10.5. The zero-order valence-corrected chi connectivity index (χ0v) is 15.5. The second kappa shape index (κ2) is 7.71. The summed E-state index contributed by atoms with van der Waals surface area (Å²) in [6.07, 6.45) is -1.05. The third-order valence-corrected chi connectivity index (χ3v) is 5.57. The van der Waals surface area contributed by atoms with Crippen molar-refractivity contribution >= 4 is 21.6 Å². The molecule has 2 aromatic carbocycles. The Labute approximate surface area is 156 Å². The van der Waals surface area contributed by atoms with E-state index in [2.05, 4.69) is 4.72 Å². The normalized spacial score (nSPS) is 14.7. The van der Waals surface area contributed by atoms with Gasteiger partial charge in [0, 0.05) is 6.54 Å². The maximum absolute atomic E-state index is 12.4. The van der Waals surface area contributed by atoms with Crippen LogP contribution >= 0.6 is 11.6 Å².